The molecule has 2 aromatic carbocycles. The van der Waals surface area contributed by atoms with Gasteiger partial charge >= 0.3 is 0 Å². The molecule has 1 aromatic heterocycles. The molecular weight excluding hydrogens is 236 g/mol. The quantitative estimate of drug-likeness (QED) is 0.486. The summed E-state index contributed by atoms with van der Waals surface area (Å²) in [5.74, 6) is 0.600. The van der Waals surface area contributed by atoms with Gasteiger partial charge in [0.1, 0.15) is 0 Å². The third-order valence-corrected chi connectivity index (χ3v) is 4.22. The molecule has 0 nitrogen and oxygen atoms in total. The maximum atomic E-state index is 2.35. The minimum atomic E-state index is 0.600. The molecule has 0 aliphatic carbocycles. The number of hydrogen-bond donors (Lipinski definition) is 0. The highest BCUT2D eigenvalue weighted by atomic mass is 32.1. The van der Waals surface area contributed by atoms with E-state index in [1.54, 1.807) is 0 Å². The monoisotopic (exact) mass is 256 g/mol. The first-order valence-electron chi connectivity index (χ1n) is 6.67. The first-order chi connectivity index (χ1) is 8.75. The predicted molar refractivity (Wildman–Crippen MR) is 84.8 cm³/mol. The van der Waals surface area contributed by atoms with Crippen LogP contribution in [0.15, 0.2) is 42.5 Å². The minimum absolute atomic E-state index is 0.600. The van der Waals surface area contributed by atoms with Crippen molar-refractivity contribution in [2.45, 2.75) is 33.6 Å². The van der Waals surface area contributed by atoms with Crippen molar-refractivity contribution in [1.82, 2.24) is 0 Å². The van der Waals surface area contributed by atoms with Crippen molar-refractivity contribution in [3.8, 4) is 0 Å². The second-order valence-corrected chi connectivity index (χ2v) is 5.59. The molecule has 0 bridgehead atoms. The molecule has 3 rings (SSSR count). The zero-order valence-electron chi connectivity index (χ0n) is 11.5. The zero-order chi connectivity index (χ0) is 13.1. The fourth-order valence-corrected chi connectivity index (χ4v) is 3.19. The highest BCUT2D eigenvalue weighted by molar-refractivity contribution is 7.25. The molecule has 0 amide bonds. The Morgan fingerprint density at radius 2 is 1.50 bits per heavy atom. The molecule has 0 N–H and O–H groups in total. The van der Waals surface area contributed by atoms with Gasteiger partial charge < -0.3 is 0 Å². The van der Waals surface area contributed by atoms with Crippen LogP contribution in [0.3, 0.4) is 0 Å². The van der Waals surface area contributed by atoms with Gasteiger partial charge in [-0.25, -0.2) is 0 Å². The van der Waals surface area contributed by atoms with Gasteiger partial charge in [-0.15, -0.1) is 11.3 Å². The van der Waals surface area contributed by atoms with Crippen molar-refractivity contribution < 1.29 is 0 Å². The molecular formula is C17H20S. The van der Waals surface area contributed by atoms with Crippen LogP contribution in [0.1, 0.15) is 39.2 Å². The molecule has 0 saturated carbocycles. The molecule has 3 aromatic rings. The third-order valence-electron chi connectivity index (χ3n) is 3.07. The molecule has 0 aliphatic rings. The summed E-state index contributed by atoms with van der Waals surface area (Å²) in [6.07, 6.45) is 0. The van der Waals surface area contributed by atoms with Gasteiger partial charge in [0.05, 0.1) is 0 Å². The summed E-state index contributed by atoms with van der Waals surface area (Å²) in [5.41, 5.74) is 1.43. The van der Waals surface area contributed by atoms with Crippen LogP contribution in [0, 0.1) is 0 Å². The number of rotatable bonds is 1. The van der Waals surface area contributed by atoms with Crippen molar-refractivity contribution in [2.24, 2.45) is 0 Å². The predicted octanol–water partition coefficient (Wildman–Crippen LogP) is 6.20. The Bertz CT molecular complexity index is 647. The molecule has 0 atom stereocenters. The van der Waals surface area contributed by atoms with Crippen LogP contribution in [0.4, 0.5) is 0 Å². The SMILES string of the molecule is CC.CC(C)c1ccc2sc3ccccc3c2c1. The van der Waals surface area contributed by atoms with Crippen LogP contribution >= 0.6 is 11.3 Å². The van der Waals surface area contributed by atoms with Crippen molar-refractivity contribution in [2.75, 3.05) is 0 Å². The van der Waals surface area contributed by atoms with Gasteiger partial charge in [-0.3, -0.25) is 0 Å². The van der Waals surface area contributed by atoms with E-state index in [1.807, 2.05) is 25.2 Å². The molecule has 1 heteroatoms. The fourth-order valence-electron chi connectivity index (χ4n) is 2.10. The second kappa shape index (κ2) is 5.53. The second-order valence-electron chi connectivity index (χ2n) is 4.51. The molecule has 0 unspecified atom stereocenters. The van der Waals surface area contributed by atoms with Gasteiger partial charge in [-0.1, -0.05) is 52.0 Å². The number of fused-ring (bicyclic) bond motifs is 3. The van der Waals surface area contributed by atoms with Crippen molar-refractivity contribution in [1.29, 1.82) is 0 Å². The van der Waals surface area contributed by atoms with E-state index in [9.17, 15) is 0 Å². The number of hydrogen-bond acceptors (Lipinski definition) is 1. The lowest BCUT2D eigenvalue weighted by atomic mass is 10.0. The Morgan fingerprint density at radius 3 is 2.22 bits per heavy atom. The summed E-state index contributed by atoms with van der Waals surface area (Å²) < 4.78 is 2.78. The van der Waals surface area contributed by atoms with E-state index in [0.29, 0.717) is 5.92 Å². The Balaban J connectivity index is 0.000000574. The summed E-state index contributed by atoms with van der Waals surface area (Å²) >= 11 is 1.88. The highest BCUT2D eigenvalue weighted by Crippen LogP contribution is 2.35. The maximum Gasteiger partial charge on any atom is 0.0355 e. The van der Waals surface area contributed by atoms with Gasteiger partial charge in [0, 0.05) is 20.2 Å². The molecule has 94 valence electrons. The summed E-state index contributed by atoms with van der Waals surface area (Å²) in [6.45, 7) is 8.49. The van der Waals surface area contributed by atoms with Crippen LogP contribution in [0.25, 0.3) is 20.2 Å². The lowest BCUT2D eigenvalue weighted by molar-refractivity contribution is 0.869. The average molecular weight is 256 g/mol. The van der Waals surface area contributed by atoms with Gasteiger partial charge in [0.25, 0.3) is 0 Å². The minimum Gasteiger partial charge on any atom is -0.135 e. The third kappa shape index (κ3) is 2.28. The Kier molecular flexibility index (Phi) is 4.03. The smallest absolute Gasteiger partial charge is 0.0355 e. The number of benzene rings is 2. The zero-order valence-corrected chi connectivity index (χ0v) is 12.3. The largest absolute Gasteiger partial charge is 0.135 e. The van der Waals surface area contributed by atoms with E-state index in [2.05, 4.69) is 56.3 Å². The summed E-state index contributed by atoms with van der Waals surface area (Å²) in [6, 6.07) is 15.5. The summed E-state index contributed by atoms with van der Waals surface area (Å²) in [4.78, 5) is 0. The lowest BCUT2D eigenvalue weighted by Crippen LogP contribution is -1.84. The molecule has 1 heterocycles. The normalized spacial score (nSPS) is 10.7. The topological polar surface area (TPSA) is 0 Å². The first-order valence-corrected chi connectivity index (χ1v) is 7.48. The van der Waals surface area contributed by atoms with E-state index < -0.39 is 0 Å². The van der Waals surface area contributed by atoms with Gasteiger partial charge in [0.2, 0.25) is 0 Å². The molecule has 0 fully saturated rings. The number of thiophene rings is 1. The van der Waals surface area contributed by atoms with Crippen molar-refractivity contribution in [3.05, 3.63) is 48.0 Å². The Hall–Kier alpha value is -1.34. The van der Waals surface area contributed by atoms with Gasteiger partial charge in [0.15, 0.2) is 0 Å². The van der Waals surface area contributed by atoms with Crippen molar-refractivity contribution >= 4 is 31.5 Å². The standard InChI is InChI=1S/C15H14S.C2H6/c1-10(2)11-7-8-15-13(9-11)12-5-3-4-6-14(12)16-15;1-2/h3-10H,1-2H3;1-2H3. The van der Waals surface area contributed by atoms with E-state index in [4.69, 9.17) is 0 Å². The Labute approximate surface area is 113 Å². The van der Waals surface area contributed by atoms with E-state index in [1.165, 1.54) is 25.7 Å². The van der Waals surface area contributed by atoms with E-state index in [-0.39, 0.29) is 0 Å². The summed E-state index contributed by atoms with van der Waals surface area (Å²) in [5, 5.41) is 2.80. The Morgan fingerprint density at radius 1 is 0.833 bits per heavy atom. The van der Waals surface area contributed by atoms with Crippen LogP contribution < -0.4 is 0 Å². The van der Waals surface area contributed by atoms with Crippen LogP contribution in [-0.4, -0.2) is 0 Å². The highest BCUT2D eigenvalue weighted by Gasteiger charge is 2.06. The van der Waals surface area contributed by atoms with E-state index >= 15 is 0 Å². The average Bonchev–Trinajstić information content (AvgIpc) is 2.78. The van der Waals surface area contributed by atoms with Crippen LogP contribution in [0.2, 0.25) is 0 Å². The molecule has 0 aliphatic heterocycles. The van der Waals surface area contributed by atoms with Gasteiger partial charge in [-0.05, 0) is 29.7 Å². The molecule has 18 heavy (non-hydrogen) atoms. The molecule has 0 saturated heterocycles. The molecule has 0 spiro atoms. The van der Waals surface area contributed by atoms with Crippen LogP contribution in [-0.2, 0) is 0 Å². The fraction of sp³-hybridized carbons (Fsp3) is 0.294. The first kappa shape index (κ1) is 13.1. The van der Waals surface area contributed by atoms with Gasteiger partial charge in [-0.2, -0.15) is 0 Å². The summed E-state index contributed by atoms with van der Waals surface area (Å²) in [7, 11) is 0. The van der Waals surface area contributed by atoms with E-state index in [0.717, 1.165) is 0 Å². The van der Waals surface area contributed by atoms with Crippen LogP contribution in [0.5, 0.6) is 0 Å². The maximum absolute atomic E-state index is 2.35. The molecule has 0 radical (unpaired) electrons. The van der Waals surface area contributed by atoms with Crippen molar-refractivity contribution in [3.63, 3.8) is 0 Å². The lowest BCUT2D eigenvalue weighted by Gasteiger charge is -2.04.